The molecule has 0 saturated heterocycles. The van der Waals surface area contributed by atoms with E-state index < -0.39 is 11.6 Å². The van der Waals surface area contributed by atoms with Crippen molar-refractivity contribution in [3.8, 4) is 0 Å². The van der Waals surface area contributed by atoms with Crippen LogP contribution in [0.2, 0.25) is 0 Å². The van der Waals surface area contributed by atoms with Crippen molar-refractivity contribution in [2.45, 2.75) is 38.6 Å². The third-order valence-corrected chi connectivity index (χ3v) is 3.62. The Morgan fingerprint density at radius 3 is 2.65 bits per heavy atom. The van der Waals surface area contributed by atoms with Crippen LogP contribution in [0.5, 0.6) is 0 Å². The Morgan fingerprint density at radius 1 is 1.26 bits per heavy atom. The van der Waals surface area contributed by atoms with Crippen LogP contribution >= 0.6 is 12.2 Å². The number of hydrogen-bond donors (Lipinski definition) is 2. The highest BCUT2D eigenvalue weighted by Crippen LogP contribution is 2.15. The number of carbonyl (C=O) groups is 1. The monoisotopic (exact) mass is 344 g/mol. The first kappa shape index (κ1) is 19.3. The van der Waals surface area contributed by atoms with Gasteiger partial charge >= 0.3 is 5.97 Å². The smallest absolute Gasteiger partial charge is 0.305 e. The Hall–Kier alpha value is -1.76. The van der Waals surface area contributed by atoms with Gasteiger partial charge in [0, 0.05) is 13.0 Å². The summed E-state index contributed by atoms with van der Waals surface area (Å²) in [5.74, 6) is -1.94. The van der Waals surface area contributed by atoms with E-state index in [1.54, 1.807) is 0 Å². The van der Waals surface area contributed by atoms with Gasteiger partial charge in [-0.05, 0) is 49.7 Å². The van der Waals surface area contributed by atoms with E-state index in [0.29, 0.717) is 23.6 Å². The van der Waals surface area contributed by atoms with E-state index >= 15 is 0 Å². The highest BCUT2D eigenvalue weighted by molar-refractivity contribution is 7.80. The first-order chi connectivity index (χ1) is 10.9. The van der Waals surface area contributed by atoms with Gasteiger partial charge < -0.3 is 15.4 Å². The summed E-state index contributed by atoms with van der Waals surface area (Å²) in [6, 6.07) is 3.54. The van der Waals surface area contributed by atoms with Gasteiger partial charge in [0.15, 0.2) is 16.7 Å². The van der Waals surface area contributed by atoms with Crippen LogP contribution < -0.4 is 10.6 Å². The van der Waals surface area contributed by atoms with Gasteiger partial charge in [0.1, 0.15) is 0 Å². The number of unbranched alkanes of at least 4 members (excludes halogenated alkanes) is 2. The lowest BCUT2D eigenvalue weighted by atomic mass is 10.1. The second-order valence-electron chi connectivity index (χ2n) is 5.18. The minimum Gasteiger partial charge on any atom is -0.469 e. The van der Waals surface area contributed by atoms with E-state index in [1.807, 2.05) is 6.92 Å². The number of halogens is 2. The second-order valence-corrected chi connectivity index (χ2v) is 5.59. The Bertz CT molecular complexity index is 541. The van der Waals surface area contributed by atoms with Gasteiger partial charge in [-0.1, -0.05) is 12.5 Å². The molecule has 0 fully saturated rings. The third kappa shape index (κ3) is 7.36. The van der Waals surface area contributed by atoms with Crippen molar-refractivity contribution in [3.05, 3.63) is 35.4 Å². The van der Waals surface area contributed by atoms with Crippen LogP contribution in [-0.2, 0) is 9.53 Å². The zero-order chi connectivity index (χ0) is 17.2. The molecule has 0 amide bonds. The maximum Gasteiger partial charge on any atom is 0.305 e. The summed E-state index contributed by atoms with van der Waals surface area (Å²) in [6.45, 7) is 2.49. The van der Waals surface area contributed by atoms with E-state index in [-0.39, 0.29) is 12.0 Å². The van der Waals surface area contributed by atoms with Crippen molar-refractivity contribution in [1.82, 2.24) is 10.6 Å². The Kier molecular flexibility index (Phi) is 8.47. The molecule has 0 saturated carbocycles. The van der Waals surface area contributed by atoms with Crippen LogP contribution in [0.4, 0.5) is 8.78 Å². The summed E-state index contributed by atoms with van der Waals surface area (Å²) in [4.78, 5) is 10.9. The molecule has 4 nitrogen and oxygen atoms in total. The maximum absolute atomic E-state index is 13.2. The zero-order valence-electron chi connectivity index (χ0n) is 13.3. The van der Waals surface area contributed by atoms with Gasteiger partial charge in [-0.15, -0.1) is 0 Å². The number of rotatable bonds is 8. The Morgan fingerprint density at radius 2 is 2.00 bits per heavy atom. The summed E-state index contributed by atoms with van der Waals surface area (Å²) < 4.78 is 30.7. The van der Waals surface area contributed by atoms with Crippen molar-refractivity contribution in [1.29, 1.82) is 0 Å². The molecular weight excluding hydrogens is 322 g/mol. The molecule has 1 rings (SSSR count). The summed E-state index contributed by atoms with van der Waals surface area (Å²) in [7, 11) is 1.38. The average molecular weight is 344 g/mol. The Labute approximate surface area is 140 Å². The first-order valence-electron chi connectivity index (χ1n) is 7.50. The number of carbonyl (C=O) groups excluding carboxylic acids is 1. The average Bonchev–Trinajstić information content (AvgIpc) is 2.52. The molecule has 128 valence electrons. The standard InChI is InChI=1S/C16H22F2N2O2S/c1-11(12-7-8-13(17)14(18)10-12)20-16(23)19-9-5-3-4-6-15(21)22-2/h7-8,10-11H,3-6,9H2,1-2H3,(H2,19,20,23)/t11-/m0/s1. The molecule has 0 aromatic heterocycles. The van der Waals surface area contributed by atoms with Crippen LogP contribution in [-0.4, -0.2) is 24.7 Å². The number of hydrogen-bond acceptors (Lipinski definition) is 3. The van der Waals surface area contributed by atoms with Crippen molar-refractivity contribution >= 4 is 23.3 Å². The number of methoxy groups -OCH3 is 1. The van der Waals surface area contributed by atoms with E-state index in [2.05, 4.69) is 15.4 Å². The van der Waals surface area contributed by atoms with Crippen LogP contribution in [0.15, 0.2) is 18.2 Å². The van der Waals surface area contributed by atoms with Crippen molar-refractivity contribution < 1.29 is 18.3 Å². The van der Waals surface area contributed by atoms with Crippen LogP contribution in [0, 0.1) is 11.6 Å². The van der Waals surface area contributed by atoms with E-state index in [0.717, 1.165) is 31.4 Å². The molecule has 1 atom stereocenters. The number of esters is 1. The molecule has 23 heavy (non-hydrogen) atoms. The summed E-state index contributed by atoms with van der Waals surface area (Å²) in [6.07, 6.45) is 2.97. The fourth-order valence-electron chi connectivity index (χ4n) is 1.99. The van der Waals surface area contributed by atoms with Gasteiger partial charge in [-0.2, -0.15) is 0 Å². The third-order valence-electron chi connectivity index (χ3n) is 3.36. The number of nitrogens with one attached hydrogen (secondary N) is 2. The predicted octanol–water partition coefficient (Wildman–Crippen LogP) is 3.22. The molecule has 0 aliphatic heterocycles. The largest absolute Gasteiger partial charge is 0.469 e. The lowest BCUT2D eigenvalue weighted by Gasteiger charge is -2.17. The fraction of sp³-hybridized carbons (Fsp3) is 0.500. The van der Waals surface area contributed by atoms with Gasteiger partial charge in [0.05, 0.1) is 13.2 Å². The van der Waals surface area contributed by atoms with Crippen molar-refractivity contribution in [2.24, 2.45) is 0 Å². The predicted molar refractivity (Wildman–Crippen MR) is 89.0 cm³/mol. The van der Waals surface area contributed by atoms with Gasteiger partial charge in [-0.25, -0.2) is 8.78 Å². The zero-order valence-corrected chi connectivity index (χ0v) is 14.1. The highest BCUT2D eigenvalue weighted by Gasteiger charge is 2.10. The number of thiocarbonyl (C=S) groups is 1. The maximum atomic E-state index is 13.2. The van der Waals surface area contributed by atoms with Gasteiger partial charge in [0.2, 0.25) is 0 Å². The van der Waals surface area contributed by atoms with E-state index in [9.17, 15) is 13.6 Å². The van der Waals surface area contributed by atoms with Gasteiger partial charge in [0.25, 0.3) is 0 Å². The molecule has 0 heterocycles. The summed E-state index contributed by atoms with van der Waals surface area (Å²) in [5, 5.41) is 6.52. The first-order valence-corrected chi connectivity index (χ1v) is 7.91. The SMILES string of the molecule is COC(=O)CCCCCNC(=S)N[C@@H](C)c1ccc(F)c(F)c1. The molecule has 0 unspecified atom stereocenters. The second kappa shape index (κ2) is 10.1. The van der Waals surface area contributed by atoms with Crippen molar-refractivity contribution in [2.75, 3.05) is 13.7 Å². The highest BCUT2D eigenvalue weighted by atomic mass is 32.1. The van der Waals surface area contributed by atoms with Crippen LogP contribution in [0.3, 0.4) is 0 Å². The molecule has 0 aliphatic carbocycles. The van der Waals surface area contributed by atoms with E-state index in [4.69, 9.17) is 12.2 Å². The molecule has 2 N–H and O–H groups in total. The number of benzene rings is 1. The molecule has 0 radical (unpaired) electrons. The molecule has 1 aromatic carbocycles. The minimum absolute atomic E-state index is 0.199. The summed E-state index contributed by atoms with van der Waals surface area (Å²) >= 11 is 5.16. The molecule has 1 aromatic rings. The lowest BCUT2D eigenvalue weighted by Crippen LogP contribution is -2.37. The molecule has 0 spiro atoms. The lowest BCUT2D eigenvalue weighted by molar-refractivity contribution is -0.140. The number of ether oxygens (including phenoxy) is 1. The Balaban J connectivity index is 2.23. The van der Waals surface area contributed by atoms with Crippen LogP contribution in [0.25, 0.3) is 0 Å². The molecule has 0 bridgehead atoms. The fourth-order valence-corrected chi connectivity index (χ4v) is 2.27. The molecular formula is C16H22F2N2O2S. The molecule has 0 aliphatic rings. The minimum atomic E-state index is -0.874. The van der Waals surface area contributed by atoms with Crippen molar-refractivity contribution in [3.63, 3.8) is 0 Å². The topological polar surface area (TPSA) is 50.4 Å². The van der Waals surface area contributed by atoms with Gasteiger partial charge in [-0.3, -0.25) is 4.79 Å². The molecule has 7 heteroatoms. The normalized spacial score (nSPS) is 11.7. The van der Waals surface area contributed by atoms with Crippen LogP contribution in [0.1, 0.15) is 44.2 Å². The summed E-state index contributed by atoms with van der Waals surface area (Å²) in [5.41, 5.74) is 0.617. The quantitative estimate of drug-likeness (QED) is 0.431. The van der Waals surface area contributed by atoms with E-state index in [1.165, 1.54) is 13.2 Å².